The summed E-state index contributed by atoms with van der Waals surface area (Å²) in [6.45, 7) is 1.97. The van der Waals surface area contributed by atoms with Crippen LogP contribution < -0.4 is 9.57 Å². The largest absolute Gasteiger partial charge is 0.227 e. The molecule has 0 spiro atoms. The molecule has 0 fully saturated rings. The van der Waals surface area contributed by atoms with Crippen LogP contribution in [-0.2, 0) is 0 Å². The van der Waals surface area contributed by atoms with Crippen LogP contribution in [0.4, 0.5) is 0 Å². The summed E-state index contributed by atoms with van der Waals surface area (Å²) in [5, 5.41) is 0. The lowest BCUT2D eigenvalue weighted by molar-refractivity contribution is -0.872. The van der Waals surface area contributed by atoms with E-state index in [4.69, 9.17) is 11.3 Å². The van der Waals surface area contributed by atoms with E-state index < -0.39 is 0 Å². The maximum atomic E-state index is 4.92. The first-order valence-electron chi connectivity index (χ1n) is 2.94. The lowest BCUT2D eigenvalue weighted by Gasteiger charge is -1.87. The Labute approximate surface area is 60.0 Å². The Morgan fingerprint density at radius 2 is 2.50 bits per heavy atom. The first-order chi connectivity index (χ1) is 4.83. The molecule has 1 aromatic heterocycles. The van der Waals surface area contributed by atoms with Crippen LogP contribution in [0.1, 0.15) is 5.56 Å². The average molecular weight is 134 g/mol. The van der Waals surface area contributed by atoms with Gasteiger partial charge < -0.3 is 0 Å². The molecule has 0 saturated carbocycles. The Morgan fingerprint density at radius 3 is 3.10 bits per heavy atom. The lowest BCUT2D eigenvalue weighted by atomic mass is 10.3. The first-order valence-corrected chi connectivity index (χ1v) is 2.94. The fourth-order valence-electron chi connectivity index (χ4n) is 0.684. The van der Waals surface area contributed by atoms with Crippen LogP contribution in [0.3, 0.4) is 0 Å². The fraction of sp³-hybridized carbons (Fsp3) is 0.125. The maximum absolute atomic E-state index is 4.92. The molecular formula is C8H8NO+. The van der Waals surface area contributed by atoms with Gasteiger partial charge in [0, 0.05) is 16.4 Å². The van der Waals surface area contributed by atoms with Gasteiger partial charge in [0.25, 0.3) is 0 Å². The van der Waals surface area contributed by atoms with Crippen molar-refractivity contribution in [1.82, 2.24) is 0 Å². The van der Waals surface area contributed by atoms with Crippen LogP contribution in [0, 0.1) is 19.5 Å². The maximum Gasteiger partial charge on any atom is 0.227 e. The van der Waals surface area contributed by atoms with E-state index in [0.717, 1.165) is 5.56 Å². The second kappa shape index (κ2) is 2.88. The smallest absolute Gasteiger partial charge is 0.177 e. The predicted octanol–water partition coefficient (Wildman–Crippen LogP) is 0.302. The van der Waals surface area contributed by atoms with Crippen molar-refractivity contribution in [1.29, 1.82) is 0 Å². The third kappa shape index (κ3) is 1.49. The van der Waals surface area contributed by atoms with E-state index >= 15 is 0 Å². The molecule has 0 aliphatic heterocycles. The number of nitrogens with zero attached hydrogens (tertiary/aromatic N) is 1. The van der Waals surface area contributed by atoms with Gasteiger partial charge in [0.2, 0.25) is 12.4 Å². The molecule has 0 radical (unpaired) electrons. The Bertz CT molecular complexity index is 262. The van der Waals surface area contributed by atoms with Crippen LogP contribution in [0.5, 0.6) is 0 Å². The van der Waals surface area contributed by atoms with Crippen molar-refractivity contribution in [2.24, 2.45) is 0 Å². The number of hydrogen-bond donors (Lipinski definition) is 0. The zero-order chi connectivity index (χ0) is 7.40. The predicted molar refractivity (Wildman–Crippen MR) is 36.8 cm³/mol. The van der Waals surface area contributed by atoms with Gasteiger partial charge in [-0.3, -0.25) is 0 Å². The minimum atomic E-state index is 1.11. The van der Waals surface area contributed by atoms with Crippen molar-refractivity contribution in [3.05, 3.63) is 30.1 Å². The molecule has 2 nitrogen and oxygen atoms in total. The molecule has 0 unspecified atom stereocenters. The van der Waals surface area contributed by atoms with E-state index in [9.17, 15) is 0 Å². The summed E-state index contributed by atoms with van der Waals surface area (Å²) < 4.78 is 1.48. The molecule has 0 aliphatic carbocycles. The van der Waals surface area contributed by atoms with Crippen molar-refractivity contribution >= 4 is 0 Å². The fourth-order valence-corrected chi connectivity index (χ4v) is 0.684. The number of pyridine rings is 1. The molecular weight excluding hydrogens is 126 g/mol. The Hall–Kier alpha value is -1.49. The van der Waals surface area contributed by atoms with Gasteiger partial charge in [-0.2, -0.15) is 4.84 Å². The third-order valence-electron chi connectivity index (χ3n) is 1.08. The molecule has 0 aromatic carbocycles. The average Bonchev–Trinajstić information content (AvgIpc) is 1.88. The molecule has 1 rings (SSSR count). The molecule has 0 amide bonds. The van der Waals surface area contributed by atoms with Gasteiger partial charge >= 0.3 is 0 Å². The molecule has 1 aromatic rings. The summed E-state index contributed by atoms with van der Waals surface area (Å²) in [7, 11) is 0. The van der Waals surface area contributed by atoms with Crippen LogP contribution in [0.25, 0.3) is 0 Å². The van der Waals surface area contributed by atoms with E-state index in [0.29, 0.717) is 0 Å². The topological polar surface area (TPSA) is 13.1 Å². The Balaban J connectivity index is 2.87. The summed E-state index contributed by atoms with van der Waals surface area (Å²) >= 11 is 0. The monoisotopic (exact) mass is 134 g/mol. The van der Waals surface area contributed by atoms with Crippen LogP contribution in [0.15, 0.2) is 24.5 Å². The molecule has 0 atom stereocenters. The summed E-state index contributed by atoms with van der Waals surface area (Å²) in [5.41, 5.74) is 1.11. The number of aryl methyl sites for hydroxylation is 1. The molecule has 0 N–H and O–H groups in total. The highest BCUT2D eigenvalue weighted by Crippen LogP contribution is 1.87. The van der Waals surface area contributed by atoms with E-state index in [-0.39, 0.29) is 0 Å². The van der Waals surface area contributed by atoms with Crippen molar-refractivity contribution in [3.63, 3.8) is 0 Å². The number of rotatable bonds is 1. The zero-order valence-corrected chi connectivity index (χ0v) is 5.74. The molecule has 0 saturated heterocycles. The Morgan fingerprint density at radius 1 is 1.70 bits per heavy atom. The van der Waals surface area contributed by atoms with Gasteiger partial charge in [-0.15, -0.1) is 0 Å². The van der Waals surface area contributed by atoms with Crippen LogP contribution in [-0.4, -0.2) is 0 Å². The molecule has 1 heterocycles. The summed E-state index contributed by atoms with van der Waals surface area (Å²) in [6, 6.07) is 3.84. The zero-order valence-electron chi connectivity index (χ0n) is 5.74. The minimum absolute atomic E-state index is 1.11. The van der Waals surface area contributed by atoms with Crippen molar-refractivity contribution in [2.45, 2.75) is 6.92 Å². The highest BCUT2D eigenvalue weighted by molar-refractivity contribution is 5.00. The van der Waals surface area contributed by atoms with Crippen molar-refractivity contribution < 1.29 is 9.57 Å². The molecule has 0 aliphatic rings. The van der Waals surface area contributed by atoms with E-state index in [1.54, 1.807) is 12.4 Å². The van der Waals surface area contributed by atoms with Gasteiger partial charge in [-0.1, -0.05) is 6.42 Å². The Kier molecular flexibility index (Phi) is 1.91. The standard InChI is InChI=1S/C8H8NO/c1-3-10-9-6-4-5-8(2)7-9/h1,4-7H,2H3/q+1. The molecule has 10 heavy (non-hydrogen) atoms. The second-order valence-corrected chi connectivity index (χ2v) is 1.95. The number of aromatic nitrogens is 1. The van der Waals surface area contributed by atoms with E-state index in [1.165, 1.54) is 4.73 Å². The minimum Gasteiger partial charge on any atom is -0.177 e. The van der Waals surface area contributed by atoms with Crippen LogP contribution >= 0.6 is 0 Å². The number of terminal acetylenes is 1. The normalized spacial score (nSPS) is 8.40. The second-order valence-electron chi connectivity index (χ2n) is 1.95. The number of hydrogen-bond acceptors (Lipinski definition) is 1. The highest BCUT2D eigenvalue weighted by atomic mass is 16.6. The van der Waals surface area contributed by atoms with Gasteiger partial charge in [-0.05, 0) is 13.0 Å². The van der Waals surface area contributed by atoms with Crippen molar-refractivity contribution in [3.8, 4) is 12.5 Å². The van der Waals surface area contributed by atoms with Gasteiger partial charge in [0.15, 0.2) is 6.11 Å². The lowest BCUT2D eigenvalue weighted by Crippen LogP contribution is -2.39. The summed E-state index contributed by atoms with van der Waals surface area (Å²) in [4.78, 5) is 4.73. The SMILES string of the molecule is C#CO[n+]1cccc(C)c1. The van der Waals surface area contributed by atoms with Gasteiger partial charge in [-0.25, -0.2) is 0 Å². The van der Waals surface area contributed by atoms with E-state index in [1.807, 2.05) is 19.1 Å². The molecule has 50 valence electrons. The van der Waals surface area contributed by atoms with Crippen molar-refractivity contribution in [2.75, 3.05) is 0 Å². The summed E-state index contributed by atoms with van der Waals surface area (Å²) in [6.07, 6.45) is 10.5. The van der Waals surface area contributed by atoms with Gasteiger partial charge in [0.1, 0.15) is 0 Å². The quantitative estimate of drug-likeness (QED) is 0.398. The van der Waals surface area contributed by atoms with Gasteiger partial charge in [0.05, 0.1) is 0 Å². The van der Waals surface area contributed by atoms with Crippen LogP contribution in [0.2, 0.25) is 0 Å². The highest BCUT2D eigenvalue weighted by Gasteiger charge is 1.96. The molecule has 0 bridgehead atoms. The van der Waals surface area contributed by atoms with E-state index in [2.05, 4.69) is 6.11 Å². The first kappa shape index (κ1) is 6.63. The third-order valence-corrected chi connectivity index (χ3v) is 1.08. The molecule has 2 heteroatoms. The summed E-state index contributed by atoms with van der Waals surface area (Å²) in [5.74, 6) is 0.